The quantitative estimate of drug-likeness (QED) is 0.801. The van der Waals surface area contributed by atoms with Crippen LogP contribution in [-0.4, -0.2) is 54.6 Å². The fourth-order valence-electron chi connectivity index (χ4n) is 3.47. The first-order chi connectivity index (χ1) is 12.7. The largest absolute Gasteiger partial charge is 0.369 e. The Morgan fingerprint density at radius 3 is 2.38 bits per heavy atom. The van der Waals surface area contributed by atoms with Crippen LogP contribution in [0.1, 0.15) is 20.3 Å². The molecule has 2 heterocycles. The number of hydrogen-bond donors (Lipinski definition) is 0. The van der Waals surface area contributed by atoms with Crippen molar-refractivity contribution in [2.45, 2.75) is 26.3 Å². The molecule has 1 aromatic heterocycles. The van der Waals surface area contributed by atoms with Crippen LogP contribution in [0.2, 0.25) is 0 Å². The minimum atomic E-state index is 0.124. The number of anilines is 2. The topological polar surface area (TPSA) is 39.7 Å². The molecule has 0 aliphatic carbocycles. The van der Waals surface area contributed by atoms with Gasteiger partial charge in [0, 0.05) is 57.1 Å². The van der Waals surface area contributed by atoms with E-state index >= 15 is 0 Å². The second kappa shape index (κ2) is 8.81. The van der Waals surface area contributed by atoms with E-state index in [1.54, 1.807) is 6.20 Å². The molecule has 1 amide bonds. The number of aromatic nitrogens is 1. The first kappa shape index (κ1) is 18.4. The van der Waals surface area contributed by atoms with Crippen molar-refractivity contribution in [2.75, 3.05) is 42.5 Å². The van der Waals surface area contributed by atoms with Crippen molar-refractivity contribution in [1.29, 1.82) is 0 Å². The first-order valence-corrected chi connectivity index (χ1v) is 9.44. The van der Waals surface area contributed by atoms with Crippen LogP contribution in [0.15, 0.2) is 54.7 Å². The Kier molecular flexibility index (Phi) is 6.23. The highest BCUT2D eigenvalue weighted by Crippen LogP contribution is 2.18. The summed E-state index contributed by atoms with van der Waals surface area (Å²) in [7, 11) is 0. The second-order valence-electron chi connectivity index (χ2n) is 6.75. The zero-order chi connectivity index (χ0) is 18.4. The summed E-state index contributed by atoms with van der Waals surface area (Å²) in [5.74, 6) is 0.868. The summed E-state index contributed by atoms with van der Waals surface area (Å²) >= 11 is 0. The van der Waals surface area contributed by atoms with Gasteiger partial charge in [-0.2, -0.15) is 0 Å². The van der Waals surface area contributed by atoms with Crippen LogP contribution in [0.3, 0.4) is 0 Å². The second-order valence-corrected chi connectivity index (χ2v) is 6.75. The van der Waals surface area contributed by atoms with E-state index < -0.39 is 0 Å². The monoisotopic (exact) mass is 352 g/mol. The Morgan fingerprint density at radius 2 is 1.77 bits per heavy atom. The van der Waals surface area contributed by atoms with Crippen LogP contribution in [0.25, 0.3) is 0 Å². The van der Waals surface area contributed by atoms with Gasteiger partial charge in [-0.3, -0.25) is 14.6 Å². The van der Waals surface area contributed by atoms with Gasteiger partial charge < -0.3 is 4.90 Å². The summed E-state index contributed by atoms with van der Waals surface area (Å²) in [5.41, 5.74) is 1.29. The van der Waals surface area contributed by atoms with E-state index in [2.05, 4.69) is 52.0 Å². The number of carbonyl (C=O) groups excluding carboxylic acids is 1. The average molecular weight is 352 g/mol. The van der Waals surface area contributed by atoms with Gasteiger partial charge in [0.25, 0.3) is 0 Å². The Labute approximate surface area is 156 Å². The number of para-hydroxylation sites is 1. The van der Waals surface area contributed by atoms with Gasteiger partial charge in [-0.05, 0) is 31.2 Å². The Morgan fingerprint density at radius 1 is 1.08 bits per heavy atom. The van der Waals surface area contributed by atoms with Gasteiger partial charge in [-0.25, -0.2) is 4.98 Å². The summed E-state index contributed by atoms with van der Waals surface area (Å²) in [6.45, 7) is 8.83. The molecule has 1 aliphatic heterocycles. The van der Waals surface area contributed by atoms with E-state index in [1.807, 2.05) is 30.0 Å². The molecule has 1 saturated heterocycles. The predicted molar refractivity (Wildman–Crippen MR) is 107 cm³/mol. The minimum absolute atomic E-state index is 0.124. The number of piperazine rings is 1. The molecule has 2 aromatic rings. The smallest absolute Gasteiger partial charge is 0.227 e. The maximum Gasteiger partial charge on any atom is 0.227 e. The molecule has 1 unspecified atom stereocenters. The Hall–Kier alpha value is -2.40. The molecule has 1 aliphatic rings. The lowest BCUT2D eigenvalue weighted by atomic mass is 10.2. The van der Waals surface area contributed by atoms with E-state index in [1.165, 1.54) is 5.69 Å². The fraction of sp³-hybridized carbons (Fsp3) is 0.429. The van der Waals surface area contributed by atoms with Crippen molar-refractivity contribution in [3.63, 3.8) is 0 Å². The van der Waals surface area contributed by atoms with Crippen molar-refractivity contribution in [2.24, 2.45) is 0 Å². The number of rotatable bonds is 6. The van der Waals surface area contributed by atoms with Crippen molar-refractivity contribution in [3.05, 3.63) is 54.7 Å². The van der Waals surface area contributed by atoms with Crippen LogP contribution < -0.4 is 9.80 Å². The molecule has 138 valence electrons. The number of benzene rings is 1. The highest BCUT2D eigenvalue weighted by Gasteiger charge is 2.25. The third-order valence-electron chi connectivity index (χ3n) is 5.04. The Bertz CT molecular complexity index is 684. The number of hydrogen-bond acceptors (Lipinski definition) is 4. The van der Waals surface area contributed by atoms with Gasteiger partial charge in [-0.1, -0.05) is 31.2 Å². The van der Waals surface area contributed by atoms with Crippen LogP contribution in [-0.2, 0) is 4.79 Å². The molecule has 1 atom stereocenters. The standard InChI is InChI=1S/C21H28N4O/c1-3-21(26)25(20-11-7-8-12-22-20)17-18(2)23-13-15-24(16-14-23)19-9-5-4-6-10-19/h4-12,18H,3,13-17H2,1-2H3. The maximum atomic E-state index is 12.4. The maximum absolute atomic E-state index is 12.4. The lowest BCUT2D eigenvalue weighted by Gasteiger charge is -2.40. The summed E-state index contributed by atoms with van der Waals surface area (Å²) in [6, 6.07) is 16.6. The van der Waals surface area contributed by atoms with Gasteiger partial charge in [0.1, 0.15) is 5.82 Å². The molecule has 3 rings (SSSR count). The van der Waals surface area contributed by atoms with Crippen molar-refractivity contribution >= 4 is 17.4 Å². The van der Waals surface area contributed by atoms with Crippen LogP contribution in [0, 0.1) is 0 Å². The molecule has 5 heteroatoms. The molecule has 1 aromatic carbocycles. The molecular weight excluding hydrogens is 324 g/mol. The van der Waals surface area contributed by atoms with Crippen molar-refractivity contribution in [3.8, 4) is 0 Å². The van der Waals surface area contributed by atoms with Gasteiger partial charge in [0.15, 0.2) is 0 Å². The zero-order valence-corrected chi connectivity index (χ0v) is 15.7. The van der Waals surface area contributed by atoms with E-state index in [0.717, 1.165) is 32.0 Å². The molecule has 0 spiro atoms. The molecule has 5 nitrogen and oxygen atoms in total. The van der Waals surface area contributed by atoms with Gasteiger partial charge in [0.05, 0.1) is 0 Å². The summed E-state index contributed by atoms with van der Waals surface area (Å²) < 4.78 is 0. The summed E-state index contributed by atoms with van der Waals surface area (Å²) in [5, 5.41) is 0. The number of amides is 1. The molecular formula is C21H28N4O. The van der Waals surface area contributed by atoms with E-state index in [9.17, 15) is 4.79 Å². The lowest BCUT2D eigenvalue weighted by Crippen LogP contribution is -2.53. The van der Waals surface area contributed by atoms with Gasteiger partial charge in [-0.15, -0.1) is 0 Å². The molecule has 0 saturated carbocycles. The highest BCUT2D eigenvalue weighted by atomic mass is 16.2. The average Bonchev–Trinajstić information content (AvgIpc) is 2.72. The van der Waals surface area contributed by atoms with Crippen LogP contribution in [0.4, 0.5) is 11.5 Å². The third kappa shape index (κ3) is 4.41. The van der Waals surface area contributed by atoms with Crippen LogP contribution in [0.5, 0.6) is 0 Å². The van der Waals surface area contributed by atoms with Crippen molar-refractivity contribution in [1.82, 2.24) is 9.88 Å². The fourth-order valence-corrected chi connectivity index (χ4v) is 3.47. The number of carbonyl (C=O) groups is 1. The van der Waals surface area contributed by atoms with Gasteiger partial charge in [0.2, 0.25) is 5.91 Å². The molecule has 26 heavy (non-hydrogen) atoms. The van der Waals surface area contributed by atoms with Crippen molar-refractivity contribution < 1.29 is 4.79 Å². The first-order valence-electron chi connectivity index (χ1n) is 9.44. The SMILES string of the molecule is CCC(=O)N(CC(C)N1CCN(c2ccccc2)CC1)c1ccccn1. The Balaban J connectivity index is 1.60. The zero-order valence-electron chi connectivity index (χ0n) is 15.7. The van der Waals surface area contributed by atoms with E-state index in [0.29, 0.717) is 19.0 Å². The van der Waals surface area contributed by atoms with E-state index in [-0.39, 0.29) is 5.91 Å². The number of pyridine rings is 1. The summed E-state index contributed by atoms with van der Waals surface area (Å²) in [6.07, 6.45) is 2.24. The van der Waals surface area contributed by atoms with Crippen LogP contribution >= 0.6 is 0 Å². The lowest BCUT2D eigenvalue weighted by molar-refractivity contribution is -0.118. The van der Waals surface area contributed by atoms with E-state index in [4.69, 9.17) is 0 Å². The molecule has 0 bridgehead atoms. The third-order valence-corrected chi connectivity index (χ3v) is 5.04. The van der Waals surface area contributed by atoms with Gasteiger partial charge >= 0.3 is 0 Å². The molecule has 0 N–H and O–H groups in total. The molecule has 1 fully saturated rings. The highest BCUT2D eigenvalue weighted by molar-refractivity contribution is 5.92. The normalized spacial score (nSPS) is 16.3. The predicted octanol–water partition coefficient (Wildman–Crippen LogP) is 3.04. The number of nitrogens with zero attached hydrogens (tertiary/aromatic N) is 4. The summed E-state index contributed by atoms with van der Waals surface area (Å²) in [4.78, 5) is 23.5. The molecule has 0 radical (unpaired) electrons. The minimum Gasteiger partial charge on any atom is -0.369 e.